The SMILES string of the molecule is CCC(C(=O)N1CCC(NC(=O)c2ccc(CNC(C)=O)s2)CC1)c1ccccc1. The van der Waals surface area contributed by atoms with Gasteiger partial charge in [0.05, 0.1) is 17.3 Å². The number of nitrogens with one attached hydrogen (secondary N) is 2. The van der Waals surface area contributed by atoms with Crippen LogP contribution in [0.1, 0.15) is 59.1 Å². The van der Waals surface area contributed by atoms with Gasteiger partial charge in [-0.3, -0.25) is 14.4 Å². The number of carbonyl (C=O) groups is 3. The standard InChI is InChI=1S/C23H29N3O3S/c1-3-20(17-7-5-4-6-8-17)23(29)26-13-11-18(12-14-26)25-22(28)21-10-9-19(30-21)15-24-16(2)27/h4-10,18,20H,3,11-15H2,1-2H3,(H,24,27)(H,25,28). The van der Waals surface area contributed by atoms with Crippen molar-refractivity contribution in [2.24, 2.45) is 0 Å². The Bertz CT molecular complexity index is 873. The first-order valence-corrected chi connectivity index (χ1v) is 11.3. The highest BCUT2D eigenvalue weighted by atomic mass is 32.1. The van der Waals surface area contributed by atoms with Gasteiger partial charge in [0.15, 0.2) is 0 Å². The molecule has 1 aromatic carbocycles. The Hall–Kier alpha value is -2.67. The summed E-state index contributed by atoms with van der Waals surface area (Å²) in [4.78, 5) is 40.1. The van der Waals surface area contributed by atoms with E-state index in [0.717, 1.165) is 29.7 Å². The fourth-order valence-electron chi connectivity index (χ4n) is 3.77. The molecule has 6 nitrogen and oxygen atoms in total. The molecule has 0 radical (unpaired) electrons. The molecular weight excluding hydrogens is 398 g/mol. The molecule has 0 spiro atoms. The molecular formula is C23H29N3O3S. The molecule has 7 heteroatoms. The summed E-state index contributed by atoms with van der Waals surface area (Å²) in [6.45, 7) is 5.27. The molecule has 2 aromatic rings. The third-order valence-corrected chi connectivity index (χ3v) is 6.53. The van der Waals surface area contributed by atoms with Crippen molar-refractivity contribution in [2.45, 2.75) is 51.6 Å². The third kappa shape index (κ3) is 5.69. The quantitative estimate of drug-likeness (QED) is 0.712. The van der Waals surface area contributed by atoms with Gasteiger partial charge in [-0.25, -0.2) is 0 Å². The molecule has 0 bridgehead atoms. The number of amides is 3. The van der Waals surface area contributed by atoms with Gasteiger partial charge in [-0.15, -0.1) is 11.3 Å². The van der Waals surface area contributed by atoms with E-state index < -0.39 is 0 Å². The Balaban J connectivity index is 1.50. The van der Waals surface area contributed by atoms with Gasteiger partial charge < -0.3 is 15.5 Å². The lowest BCUT2D eigenvalue weighted by Crippen LogP contribution is -2.47. The van der Waals surface area contributed by atoms with E-state index in [-0.39, 0.29) is 29.7 Å². The van der Waals surface area contributed by atoms with Gasteiger partial charge in [0.1, 0.15) is 0 Å². The van der Waals surface area contributed by atoms with Crippen LogP contribution in [0.3, 0.4) is 0 Å². The molecule has 1 aliphatic heterocycles. The fraction of sp³-hybridized carbons (Fsp3) is 0.435. The van der Waals surface area contributed by atoms with Gasteiger partial charge in [0, 0.05) is 30.9 Å². The van der Waals surface area contributed by atoms with Crippen molar-refractivity contribution in [2.75, 3.05) is 13.1 Å². The average molecular weight is 428 g/mol. The van der Waals surface area contributed by atoms with Crippen LogP contribution in [0.15, 0.2) is 42.5 Å². The van der Waals surface area contributed by atoms with Crippen LogP contribution < -0.4 is 10.6 Å². The maximum Gasteiger partial charge on any atom is 0.261 e. The summed E-state index contributed by atoms with van der Waals surface area (Å²) >= 11 is 1.39. The van der Waals surface area contributed by atoms with E-state index in [1.807, 2.05) is 48.2 Å². The lowest BCUT2D eigenvalue weighted by atomic mass is 9.93. The Kier molecular flexibility index (Phi) is 7.63. The van der Waals surface area contributed by atoms with Crippen molar-refractivity contribution in [1.82, 2.24) is 15.5 Å². The molecule has 1 aliphatic rings. The summed E-state index contributed by atoms with van der Waals surface area (Å²) in [6.07, 6.45) is 2.29. The molecule has 2 heterocycles. The molecule has 3 rings (SSSR count). The summed E-state index contributed by atoms with van der Waals surface area (Å²) in [5.41, 5.74) is 1.06. The summed E-state index contributed by atoms with van der Waals surface area (Å²) in [7, 11) is 0. The van der Waals surface area contributed by atoms with Crippen LogP contribution >= 0.6 is 11.3 Å². The monoisotopic (exact) mass is 427 g/mol. The van der Waals surface area contributed by atoms with Crippen LogP contribution in [0.2, 0.25) is 0 Å². The highest BCUT2D eigenvalue weighted by Gasteiger charge is 2.29. The predicted octanol–water partition coefficient (Wildman–Crippen LogP) is 3.30. The number of hydrogen-bond donors (Lipinski definition) is 2. The Morgan fingerprint density at radius 2 is 1.80 bits per heavy atom. The van der Waals surface area contributed by atoms with E-state index in [9.17, 15) is 14.4 Å². The average Bonchev–Trinajstić information content (AvgIpc) is 3.23. The summed E-state index contributed by atoms with van der Waals surface area (Å²) < 4.78 is 0. The second kappa shape index (κ2) is 10.4. The van der Waals surface area contributed by atoms with Gasteiger partial charge in [-0.2, -0.15) is 0 Å². The molecule has 0 aliphatic carbocycles. The third-order valence-electron chi connectivity index (χ3n) is 5.45. The Morgan fingerprint density at radius 3 is 2.43 bits per heavy atom. The zero-order chi connectivity index (χ0) is 21.5. The van der Waals surface area contributed by atoms with E-state index in [1.165, 1.54) is 18.3 Å². The van der Waals surface area contributed by atoms with Crippen LogP contribution in [0.5, 0.6) is 0 Å². The van der Waals surface area contributed by atoms with Gasteiger partial charge in [0.25, 0.3) is 5.91 Å². The minimum atomic E-state index is -0.106. The first kappa shape index (κ1) is 22.0. The molecule has 1 fully saturated rings. The van der Waals surface area contributed by atoms with Gasteiger partial charge in [-0.1, -0.05) is 37.3 Å². The molecule has 30 heavy (non-hydrogen) atoms. The number of nitrogens with zero attached hydrogens (tertiary/aromatic N) is 1. The number of likely N-dealkylation sites (tertiary alicyclic amines) is 1. The number of carbonyl (C=O) groups excluding carboxylic acids is 3. The van der Waals surface area contributed by atoms with Crippen LogP contribution in [0.25, 0.3) is 0 Å². The topological polar surface area (TPSA) is 78.5 Å². The largest absolute Gasteiger partial charge is 0.351 e. The van der Waals surface area contributed by atoms with Crippen molar-refractivity contribution < 1.29 is 14.4 Å². The van der Waals surface area contributed by atoms with Gasteiger partial charge in [-0.05, 0) is 37.0 Å². The molecule has 1 unspecified atom stereocenters. The maximum absolute atomic E-state index is 13.0. The van der Waals surface area contributed by atoms with E-state index >= 15 is 0 Å². The summed E-state index contributed by atoms with van der Waals surface area (Å²) in [6, 6.07) is 13.7. The minimum absolute atomic E-state index is 0.0687. The van der Waals surface area contributed by atoms with E-state index in [1.54, 1.807) is 6.07 Å². The Morgan fingerprint density at radius 1 is 1.10 bits per heavy atom. The van der Waals surface area contributed by atoms with E-state index in [4.69, 9.17) is 0 Å². The second-order valence-corrected chi connectivity index (χ2v) is 8.79. The second-order valence-electron chi connectivity index (χ2n) is 7.62. The van der Waals surface area contributed by atoms with Crippen LogP contribution in [-0.2, 0) is 16.1 Å². The molecule has 2 N–H and O–H groups in total. The molecule has 1 aromatic heterocycles. The zero-order valence-corrected chi connectivity index (χ0v) is 18.3. The molecule has 160 valence electrons. The predicted molar refractivity (Wildman–Crippen MR) is 118 cm³/mol. The first-order valence-electron chi connectivity index (χ1n) is 10.5. The van der Waals surface area contributed by atoms with E-state index in [0.29, 0.717) is 24.5 Å². The van der Waals surface area contributed by atoms with Crippen LogP contribution in [-0.4, -0.2) is 41.8 Å². The molecule has 3 amide bonds. The van der Waals surface area contributed by atoms with Gasteiger partial charge >= 0.3 is 0 Å². The highest BCUT2D eigenvalue weighted by molar-refractivity contribution is 7.14. The first-order chi connectivity index (χ1) is 14.5. The minimum Gasteiger partial charge on any atom is -0.351 e. The normalized spacial score (nSPS) is 15.5. The van der Waals surface area contributed by atoms with Crippen molar-refractivity contribution >= 4 is 29.1 Å². The number of piperidine rings is 1. The van der Waals surface area contributed by atoms with Crippen LogP contribution in [0.4, 0.5) is 0 Å². The van der Waals surface area contributed by atoms with E-state index in [2.05, 4.69) is 10.6 Å². The van der Waals surface area contributed by atoms with Crippen molar-refractivity contribution in [3.05, 3.63) is 57.8 Å². The zero-order valence-electron chi connectivity index (χ0n) is 17.5. The lowest BCUT2D eigenvalue weighted by Gasteiger charge is -2.34. The van der Waals surface area contributed by atoms with Crippen LogP contribution in [0, 0.1) is 0 Å². The smallest absolute Gasteiger partial charge is 0.261 e. The number of benzene rings is 1. The number of hydrogen-bond acceptors (Lipinski definition) is 4. The van der Waals surface area contributed by atoms with Crippen molar-refractivity contribution in [3.8, 4) is 0 Å². The fourth-order valence-corrected chi connectivity index (χ4v) is 4.62. The Labute approximate surface area is 181 Å². The van der Waals surface area contributed by atoms with Crippen molar-refractivity contribution in [3.63, 3.8) is 0 Å². The number of rotatable bonds is 7. The highest BCUT2D eigenvalue weighted by Crippen LogP contribution is 2.24. The maximum atomic E-state index is 13.0. The molecule has 0 saturated carbocycles. The summed E-state index contributed by atoms with van der Waals surface area (Å²) in [5.74, 6) is -0.109. The molecule has 1 saturated heterocycles. The molecule has 1 atom stereocenters. The summed E-state index contributed by atoms with van der Waals surface area (Å²) in [5, 5.41) is 5.83. The van der Waals surface area contributed by atoms with Gasteiger partial charge in [0.2, 0.25) is 11.8 Å². The number of thiophene rings is 1. The lowest BCUT2D eigenvalue weighted by molar-refractivity contribution is -0.134. The van der Waals surface area contributed by atoms with Crippen molar-refractivity contribution in [1.29, 1.82) is 0 Å².